The van der Waals surface area contributed by atoms with Gasteiger partial charge in [-0.15, -0.1) is 0 Å². The number of rotatable bonds is 3. The van der Waals surface area contributed by atoms with Crippen LogP contribution in [0.1, 0.15) is 12.5 Å². The Kier molecular flexibility index (Phi) is 4.13. The molecular formula is C12H13ClN2. The lowest BCUT2D eigenvalue weighted by atomic mass is 10.1. The first-order valence-electron chi connectivity index (χ1n) is 4.51. The second-order valence-corrected chi connectivity index (χ2v) is 3.56. The van der Waals surface area contributed by atoms with E-state index in [2.05, 4.69) is 11.7 Å². The highest BCUT2D eigenvalue weighted by Gasteiger charge is 2.01. The summed E-state index contributed by atoms with van der Waals surface area (Å²) in [5.74, 6) is 5.31. The van der Waals surface area contributed by atoms with Gasteiger partial charge in [0.05, 0.1) is 5.71 Å². The van der Waals surface area contributed by atoms with Gasteiger partial charge in [-0.3, -0.25) is 0 Å². The lowest BCUT2D eigenvalue weighted by molar-refractivity contribution is 1.25. The second-order valence-electron chi connectivity index (χ2n) is 3.15. The third-order valence-electron chi connectivity index (χ3n) is 1.88. The average Bonchev–Trinajstić information content (AvgIpc) is 2.26. The Bertz CT molecular complexity index is 405. The Morgan fingerprint density at radius 2 is 2.00 bits per heavy atom. The Hall–Kier alpha value is -1.54. The van der Waals surface area contributed by atoms with Gasteiger partial charge in [-0.25, -0.2) is 0 Å². The zero-order chi connectivity index (χ0) is 11.3. The summed E-state index contributed by atoms with van der Waals surface area (Å²) in [5.41, 5.74) is 2.36. The van der Waals surface area contributed by atoms with Crippen LogP contribution in [0.4, 0.5) is 0 Å². The minimum Gasteiger partial charge on any atom is -0.323 e. The number of hydrogen-bond acceptors (Lipinski definition) is 2. The van der Waals surface area contributed by atoms with E-state index in [9.17, 15) is 0 Å². The predicted molar refractivity (Wildman–Crippen MR) is 65.9 cm³/mol. The second kappa shape index (κ2) is 5.37. The fourth-order valence-corrected chi connectivity index (χ4v) is 1.15. The molecule has 0 spiro atoms. The molecule has 0 heterocycles. The molecule has 15 heavy (non-hydrogen) atoms. The van der Waals surface area contributed by atoms with Gasteiger partial charge in [0.1, 0.15) is 0 Å². The van der Waals surface area contributed by atoms with E-state index in [1.807, 2.05) is 37.3 Å². The molecule has 2 nitrogen and oxygen atoms in total. The standard InChI is InChI=1S/C12H13ClN2/c1-9(2)11(13)8-12(15-14)10-6-4-3-5-7-10/h3-8H,1,14H2,2H3/b11-8+,15-12+. The normalized spacial score (nSPS) is 12.7. The van der Waals surface area contributed by atoms with E-state index in [1.54, 1.807) is 6.08 Å². The molecule has 0 aromatic heterocycles. The molecule has 0 saturated carbocycles. The minimum absolute atomic E-state index is 0.558. The van der Waals surface area contributed by atoms with E-state index >= 15 is 0 Å². The maximum absolute atomic E-state index is 5.96. The predicted octanol–water partition coefficient (Wildman–Crippen LogP) is 3.05. The third kappa shape index (κ3) is 3.26. The van der Waals surface area contributed by atoms with Crippen LogP contribution in [0.2, 0.25) is 0 Å². The zero-order valence-electron chi connectivity index (χ0n) is 8.57. The van der Waals surface area contributed by atoms with Crippen molar-refractivity contribution in [1.29, 1.82) is 0 Å². The summed E-state index contributed by atoms with van der Waals surface area (Å²) < 4.78 is 0. The van der Waals surface area contributed by atoms with Crippen molar-refractivity contribution in [3.63, 3.8) is 0 Å². The van der Waals surface area contributed by atoms with Gasteiger partial charge < -0.3 is 5.84 Å². The van der Waals surface area contributed by atoms with Gasteiger partial charge in [0, 0.05) is 10.6 Å². The Morgan fingerprint density at radius 3 is 2.47 bits per heavy atom. The fraction of sp³-hybridized carbons (Fsp3) is 0.0833. The monoisotopic (exact) mass is 220 g/mol. The van der Waals surface area contributed by atoms with Crippen molar-refractivity contribution in [1.82, 2.24) is 0 Å². The molecule has 0 radical (unpaired) electrons. The maximum Gasteiger partial charge on any atom is 0.0913 e. The van der Waals surface area contributed by atoms with Crippen LogP contribution in [-0.2, 0) is 0 Å². The van der Waals surface area contributed by atoms with Crippen LogP contribution < -0.4 is 5.84 Å². The van der Waals surface area contributed by atoms with Gasteiger partial charge >= 0.3 is 0 Å². The minimum atomic E-state index is 0.558. The summed E-state index contributed by atoms with van der Waals surface area (Å²) in [6.45, 7) is 5.57. The molecule has 2 N–H and O–H groups in total. The molecule has 0 fully saturated rings. The number of allylic oxidation sites excluding steroid dienone is 3. The molecule has 78 valence electrons. The summed E-state index contributed by atoms with van der Waals surface area (Å²) in [4.78, 5) is 0. The van der Waals surface area contributed by atoms with Crippen molar-refractivity contribution in [3.05, 3.63) is 59.2 Å². The summed E-state index contributed by atoms with van der Waals surface area (Å²) in [5, 5.41) is 4.25. The molecule has 1 aromatic rings. The van der Waals surface area contributed by atoms with Gasteiger partial charge in [-0.2, -0.15) is 5.10 Å². The van der Waals surface area contributed by atoms with Gasteiger partial charge in [-0.1, -0.05) is 48.5 Å². The van der Waals surface area contributed by atoms with Gasteiger partial charge in [0.15, 0.2) is 0 Å². The molecule has 0 bridgehead atoms. The third-order valence-corrected chi connectivity index (χ3v) is 2.31. The van der Waals surface area contributed by atoms with E-state index in [-0.39, 0.29) is 0 Å². The van der Waals surface area contributed by atoms with Gasteiger partial charge in [0.25, 0.3) is 0 Å². The Balaban J connectivity index is 3.03. The van der Waals surface area contributed by atoms with Crippen LogP contribution in [0.25, 0.3) is 0 Å². The van der Waals surface area contributed by atoms with E-state index in [0.29, 0.717) is 10.7 Å². The Morgan fingerprint density at radius 1 is 1.40 bits per heavy atom. The van der Waals surface area contributed by atoms with E-state index in [0.717, 1.165) is 11.1 Å². The van der Waals surface area contributed by atoms with Gasteiger partial charge in [0.2, 0.25) is 0 Å². The molecule has 0 aliphatic heterocycles. The highest BCUT2D eigenvalue weighted by atomic mass is 35.5. The van der Waals surface area contributed by atoms with Crippen molar-refractivity contribution < 1.29 is 0 Å². The van der Waals surface area contributed by atoms with Gasteiger partial charge in [-0.05, 0) is 18.6 Å². The van der Waals surface area contributed by atoms with E-state index in [4.69, 9.17) is 17.4 Å². The van der Waals surface area contributed by atoms with Crippen LogP contribution in [0.5, 0.6) is 0 Å². The number of hydrazone groups is 1. The van der Waals surface area contributed by atoms with Crippen LogP contribution in [0.3, 0.4) is 0 Å². The summed E-state index contributed by atoms with van der Waals surface area (Å²) in [7, 11) is 0. The quantitative estimate of drug-likeness (QED) is 0.362. The Labute approximate surface area is 94.8 Å². The smallest absolute Gasteiger partial charge is 0.0913 e. The number of nitrogens with zero attached hydrogens (tertiary/aromatic N) is 1. The summed E-state index contributed by atoms with van der Waals surface area (Å²) >= 11 is 5.96. The number of hydrogen-bond donors (Lipinski definition) is 1. The first kappa shape index (κ1) is 11.5. The van der Waals surface area contributed by atoms with Crippen molar-refractivity contribution >= 4 is 17.3 Å². The van der Waals surface area contributed by atoms with Crippen LogP contribution in [-0.4, -0.2) is 5.71 Å². The van der Waals surface area contributed by atoms with Crippen molar-refractivity contribution in [2.24, 2.45) is 10.9 Å². The average molecular weight is 221 g/mol. The topological polar surface area (TPSA) is 38.4 Å². The molecule has 1 rings (SSSR count). The molecule has 0 saturated heterocycles. The van der Waals surface area contributed by atoms with E-state index < -0.39 is 0 Å². The molecule has 3 heteroatoms. The number of benzene rings is 1. The SMILES string of the molecule is C=C(C)/C(Cl)=C\C(=N/N)c1ccccc1. The lowest BCUT2D eigenvalue weighted by Crippen LogP contribution is -2.01. The van der Waals surface area contributed by atoms with Crippen molar-refractivity contribution in [2.75, 3.05) is 0 Å². The first-order valence-corrected chi connectivity index (χ1v) is 4.89. The first-order chi connectivity index (χ1) is 7.15. The molecular weight excluding hydrogens is 208 g/mol. The molecule has 0 aliphatic rings. The largest absolute Gasteiger partial charge is 0.323 e. The zero-order valence-corrected chi connectivity index (χ0v) is 9.33. The molecule has 1 aromatic carbocycles. The number of nitrogens with two attached hydrogens (primary N) is 1. The highest BCUT2D eigenvalue weighted by Crippen LogP contribution is 2.13. The maximum atomic E-state index is 5.96. The van der Waals surface area contributed by atoms with Crippen molar-refractivity contribution in [3.8, 4) is 0 Å². The molecule has 0 aliphatic carbocycles. The fourth-order valence-electron chi connectivity index (χ4n) is 1.05. The van der Waals surface area contributed by atoms with Crippen LogP contribution in [0.15, 0.2) is 58.7 Å². The summed E-state index contributed by atoms with van der Waals surface area (Å²) in [6.07, 6.45) is 1.71. The molecule has 0 unspecified atom stereocenters. The molecule has 0 atom stereocenters. The summed E-state index contributed by atoms with van der Waals surface area (Å²) in [6, 6.07) is 9.61. The van der Waals surface area contributed by atoms with E-state index in [1.165, 1.54) is 0 Å². The van der Waals surface area contributed by atoms with Crippen LogP contribution >= 0.6 is 11.6 Å². The van der Waals surface area contributed by atoms with Crippen molar-refractivity contribution in [2.45, 2.75) is 6.92 Å². The number of halogens is 1. The molecule has 0 amide bonds. The van der Waals surface area contributed by atoms with Crippen LogP contribution in [0, 0.1) is 0 Å². The highest BCUT2D eigenvalue weighted by molar-refractivity contribution is 6.34. The lowest BCUT2D eigenvalue weighted by Gasteiger charge is -2.01.